The maximum atomic E-state index is 12.3. The van der Waals surface area contributed by atoms with Crippen molar-refractivity contribution in [1.82, 2.24) is 4.90 Å². The summed E-state index contributed by atoms with van der Waals surface area (Å²) in [6, 6.07) is 0. The van der Waals surface area contributed by atoms with E-state index in [2.05, 4.69) is 20.8 Å². The minimum atomic E-state index is -0.789. The average Bonchev–Trinajstić information content (AvgIpc) is 2.42. The van der Waals surface area contributed by atoms with Crippen LogP contribution in [0, 0.1) is 17.3 Å². The van der Waals surface area contributed by atoms with Crippen LogP contribution in [-0.4, -0.2) is 41.5 Å². The lowest BCUT2D eigenvalue weighted by Gasteiger charge is -2.33. The van der Waals surface area contributed by atoms with Crippen molar-refractivity contribution in [2.24, 2.45) is 23.0 Å². The molecule has 21 heavy (non-hydrogen) atoms. The molecule has 0 bridgehead atoms. The van der Waals surface area contributed by atoms with Gasteiger partial charge in [0.1, 0.15) is 0 Å². The highest BCUT2D eigenvalue weighted by molar-refractivity contribution is 5.78. The molecule has 0 radical (unpaired) electrons. The molecule has 0 aromatic heterocycles. The van der Waals surface area contributed by atoms with E-state index >= 15 is 0 Å². The Balaban J connectivity index is 2.50. The number of rotatable bonds is 6. The van der Waals surface area contributed by atoms with Gasteiger partial charge in [-0.2, -0.15) is 0 Å². The topological polar surface area (TPSA) is 83.6 Å². The maximum absolute atomic E-state index is 12.3. The summed E-state index contributed by atoms with van der Waals surface area (Å²) in [4.78, 5) is 25.1. The number of hydrogen-bond acceptors (Lipinski definition) is 3. The van der Waals surface area contributed by atoms with E-state index in [1.165, 1.54) is 0 Å². The van der Waals surface area contributed by atoms with E-state index in [4.69, 9.17) is 10.8 Å². The number of nitrogens with zero attached hydrogens (tertiary/aromatic N) is 1. The summed E-state index contributed by atoms with van der Waals surface area (Å²) in [5.41, 5.74) is 5.81. The van der Waals surface area contributed by atoms with Gasteiger partial charge in [0.05, 0.1) is 5.92 Å². The molecule has 5 heteroatoms. The highest BCUT2D eigenvalue weighted by Crippen LogP contribution is 2.32. The van der Waals surface area contributed by atoms with Crippen molar-refractivity contribution in [3.8, 4) is 0 Å². The zero-order valence-corrected chi connectivity index (χ0v) is 13.6. The first-order chi connectivity index (χ1) is 9.75. The van der Waals surface area contributed by atoms with Gasteiger partial charge in [0.15, 0.2) is 0 Å². The van der Waals surface area contributed by atoms with Gasteiger partial charge < -0.3 is 15.7 Å². The van der Waals surface area contributed by atoms with Crippen molar-refractivity contribution in [1.29, 1.82) is 0 Å². The summed E-state index contributed by atoms with van der Waals surface area (Å²) in [7, 11) is 0. The molecule has 0 saturated carbocycles. The fourth-order valence-corrected chi connectivity index (χ4v) is 3.07. The van der Waals surface area contributed by atoms with E-state index in [1.807, 2.05) is 0 Å². The van der Waals surface area contributed by atoms with Crippen LogP contribution < -0.4 is 5.73 Å². The van der Waals surface area contributed by atoms with Crippen LogP contribution in [0.3, 0.4) is 0 Å². The molecule has 122 valence electrons. The number of nitrogens with two attached hydrogens (primary N) is 1. The van der Waals surface area contributed by atoms with Gasteiger partial charge in [-0.25, -0.2) is 0 Å². The quantitative estimate of drug-likeness (QED) is 0.786. The lowest BCUT2D eigenvalue weighted by Crippen LogP contribution is -2.42. The highest BCUT2D eigenvalue weighted by Gasteiger charge is 2.29. The van der Waals surface area contributed by atoms with Crippen molar-refractivity contribution in [2.75, 3.05) is 19.6 Å². The number of carbonyl (C=O) groups excluding carboxylic acids is 1. The van der Waals surface area contributed by atoms with Gasteiger partial charge in [0.2, 0.25) is 5.91 Å². The van der Waals surface area contributed by atoms with E-state index in [0.29, 0.717) is 38.4 Å². The van der Waals surface area contributed by atoms with E-state index in [9.17, 15) is 9.59 Å². The minimum Gasteiger partial charge on any atom is -0.481 e. The summed E-state index contributed by atoms with van der Waals surface area (Å²) >= 11 is 0. The van der Waals surface area contributed by atoms with Crippen LogP contribution >= 0.6 is 0 Å². The number of carboxylic acid groups (broad SMARTS) is 1. The number of amides is 1. The average molecular weight is 298 g/mol. The molecule has 1 aliphatic rings. The predicted octanol–water partition coefficient (Wildman–Crippen LogP) is 2.10. The fraction of sp³-hybridized carbons (Fsp3) is 0.875. The first-order valence-corrected chi connectivity index (χ1v) is 7.96. The summed E-state index contributed by atoms with van der Waals surface area (Å²) in [6.45, 7) is 8.24. The Kier molecular flexibility index (Phi) is 6.65. The largest absolute Gasteiger partial charge is 0.481 e. The summed E-state index contributed by atoms with van der Waals surface area (Å²) in [5, 5.41) is 9.08. The number of aliphatic carboxylic acids is 1. The van der Waals surface area contributed by atoms with Crippen molar-refractivity contribution in [3.63, 3.8) is 0 Å². The van der Waals surface area contributed by atoms with Crippen LogP contribution in [0.2, 0.25) is 0 Å². The Morgan fingerprint density at radius 3 is 2.52 bits per heavy atom. The SMILES string of the molecule is CC(C)(C)C(CCN)CCC(=O)N1CCC[C@H](C(=O)O)C1. The molecule has 1 amide bonds. The molecule has 1 heterocycles. The molecule has 1 saturated heterocycles. The second-order valence-electron chi connectivity index (χ2n) is 7.20. The summed E-state index contributed by atoms with van der Waals surface area (Å²) in [5.74, 6) is -0.674. The summed E-state index contributed by atoms with van der Waals surface area (Å²) in [6.07, 6.45) is 3.71. The number of carbonyl (C=O) groups is 2. The van der Waals surface area contributed by atoms with E-state index in [1.54, 1.807) is 4.90 Å². The lowest BCUT2D eigenvalue weighted by molar-refractivity contribution is -0.145. The van der Waals surface area contributed by atoms with Crippen molar-refractivity contribution in [2.45, 2.75) is 52.9 Å². The Morgan fingerprint density at radius 2 is 2.00 bits per heavy atom. The standard InChI is InChI=1S/C16H30N2O3/c1-16(2,3)13(8-9-17)6-7-14(19)18-10-4-5-12(11-18)15(20)21/h12-13H,4-11,17H2,1-3H3,(H,20,21)/t12-,13?/m0/s1. The van der Waals surface area contributed by atoms with Crippen molar-refractivity contribution >= 4 is 11.9 Å². The summed E-state index contributed by atoms with van der Waals surface area (Å²) < 4.78 is 0. The van der Waals surface area contributed by atoms with Crippen molar-refractivity contribution in [3.05, 3.63) is 0 Å². The third-order valence-corrected chi connectivity index (χ3v) is 4.57. The monoisotopic (exact) mass is 298 g/mol. The lowest BCUT2D eigenvalue weighted by atomic mass is 9.76. The van der Waals surface area contributed by atoms with E-state index < -0.39 is 11.9 Å². The molecule has 1 fully saturated rings. The molecular formula is C16H30N2O3. The molecule has 1 unspecified atom stereocenters. The smallest absolute Gasteiger partial charge is 0.308 e. The first-order valence-electron chi connectivity index (χ1n) is 7.96. The second kappa shape index (κ2) is 7.78. The van der Waals surface area contributed by atoms with Crippen LogP contribution in [0.1, 0.15) is 52.9 Å². The number of piperidine rings is 1. The Bertz CT molecular complexity index is 363. The second-order valence-corrected chi connectivity index (χ2v) is 7.20. The molecule has 3 N–H and O–H groups in total. The van der Waals surface area contributed by atoms with Gasteiger partial charge in [-0.3, -0.25) is 9.59 Å². The molecule has 0 spiro atoms. The first kappa shape index (κ1) is 18.0. The fourth-order valence-electron chi connectivity index (χ4n) is 3.07. The van der Waals surface area contributed by atoms with Crippen LogP contribution in [0.15, 0.2) is 0 Å². The Morgan fingerprint density at radius 1 is 1.33 bits per heavy atom. The van der Waals surface area contributed by atoms with E-state index in [-0.39, 0.29) is 11.3 Å². The molecule has 0 aromatic rings. The Hall–Kier alpha value is -1.10. The molecular weight excluding hydrogens is 268 g/mol. The Labute approximate surface area is 127 Å². The van der Waals surface area contributed by atoms with Gasteiger partial charge in [0.25, 0.3) is 0 Å². The van der Waals surface area contributed by atoms with Crippen LogP contribution in [0.4, 0.5) is 0 Å². The molecule has 1 rings (SSSR count). The molecule has 0 aromatic carbocycles. The van der Waals surface area contributed by atoms with Crippen LogP contribution in [0.25, 0.3) is 0 Å². The molecule has 5 nitrogen and oxygen atoms in total. The third-order valence-electron chi connectivity index (χ3n) is 4.57. The van der Waals surface area contributed by atoms with Gasteiger partial charge in [-0.1, -0.05) is 20.8 Å². The zero-order valence-electron chi connectivity index (χ0n) is 13.6. The molecule has 2 atom stereocenters. The van der Waals surface area contributed by atoms with Gasteiger partial charge in [-0.05, 0) is 43.6 Å². The van der Waals surface area contributed by atoms with Crippen molar-refractivity contribution < 1.29 is 14.7 Å². The number of hydrogen-bond donors (Lipinski definition) is 2. The molecule has 1 aliphatic heterocycles. The number of carboxylic acids is 1. The van der Waals surface area contributed by atoms with Gasteiger partial charge in [-0.15, -0.1) is 0 Å². The van der Waals surface area contributed by atoms with E-state index in [0.717, 1.165) is 19.3 Å². The number of likely N-dealkylation sites (tertiary alicyclic amines) is 1. The van der Waals surface area contributed by atoms with Crippen LogP contribution in [-0.2, 0) is 9.59 Å². The molecule has 0 aliphatic carbocycles. The minimum absolute atomic E-state index is 0.0900. The highest BCUT2D eigenvalue weighted by atomic mass is 16.4. The zero-order chi connectivity index (χ0) is 16.0. The van der Waals surface area contributed by atoms with Gasteiger partial charge >= 0.3 is 5.97 Å². The predicted molar refractivity (Wildman–Crippen MR) is 82.8 cm³/mol. The maximum Gasteiger partial charge on any atom is 0.308 e. The normalized spacial score (nSPS) is 21.1. The van der Waals surface area contributed by atoms with Crippen LogP contribution in [0.5, 0.6) is 0 Å². The third kappa shape index (κ3) is 5.65. The van der Waals surface area contributed by atoms with Gasteiger partial charge in [0, 0.05) is 19.5 Å².